The Labute approximate surface area is 97.8 Å². The van der Waals surface area contributed by atoms with E-state index in [1.807, 2.05) is 20.1 Å². The average molecular weight is 236 g/mol. The molecule has 0 aliphatic rings. The summed E-state index contributed by atoms with van der Waals surface area (Å²) in [5, 5.41) is 0.636. The zero-order valence-electron chi connectivity index (χ0n) is 9.37. The molecule has 0 amide bonds. The molecule has 0 spiro atoms. The summed E-state index contributed by atoms with van der Waals surface area (Å²) < 4.78 is 10.6. The van der Waals surface area contributed by atoms with Gasteiger partial charge in [-0.3, -0.25) is 4.79 Å². The largest absolute Gasteiger partial charge is 0.458 e. The lowest BCUT2D eigenvalue weighted by Gasteiger charge is -1.98. The first-order valence-electron chi connectivity index (χ1n) is 4.86. The number of thioether (sulfide) groups is 1. The number of carbonyl (C=O) groups is 1. The molecular weight excluding hydrogens is 224 g/mol. The van der Waals surface area contributed by atoms with Crippen molar-refractivity contribution in [3.63, 3.8) is 0 Å². The van der Waals surface area contributed by atoms with Crippen molar-refractivity contribution in [3.05, 3.63) is 41.0 Å². The Morgan fingerprint density at radius 2 is 2.06 bits per heavy atom. The standard InChI is InChI=1S/C12H12O3S/c1-7-6-14-12(16-3)10(7)11(13)9-5-4-8(2)15-9/h4-6H,1-3H3. The lowest BCUT2D eigenvalue weighted by atomic mass is 10.1. The molecule has 3 nitrogen and oxygen atoms in total. The van der Waals surface area contributed by atoms with E-state index in [2.05, 4.69) is 0 Å². The SMILES string of the molecule is CSc1occ(C)c1C(=O)c1ccc(C)o1. The van der Waals surface area contributed by atoms with Crippen molar-refractivity contribution in [3.8, 4) is 0 Å². The molecule has 0 aromatic carbocycles. The fraction of sp³-hybridized carbons (Fsp3) is 0.250. The average Bonchev–Trinajstić information content (AvgIpc) is 2.83. The lowest BCUT2D eigenvalue weighted by molar-refractivity contribution is 0.100. The molecule has 2 rings (SSSR count). The number of rotatable bonds is 3. The van der Waals surface area contributed by atoms with Crippen LogP contribution in [-0.2, 0) is 0 Å². The van der Waals surface area contributed by atoms with Gasteiger partial charge in [0.25, 0.3) is 0 Å². The Hall–Kier alpha value is -1.42. The third kappa shape index (κ3) is 1.80. The van der Waals surface area contributed by atoms with Gasteiger partial charge < -0.3 is 8.83 Å². The number of hydrogen-bond acceptors (Lipinski definition) is 4. The summed E-state index contributed by atoms with van der Waals surface area (Å²) in [6.07, 6.45) is 3.47. The van der Waals surface area contributed by atoms with Crippen molar-refractivity contribution >= 4 is 17.5 Å². The molecule has 0 aliphatic heterocycles. The quantitative estimate of drug-likeness (QED) is 0.604. The zero-order chi connectivity index (χ0) is 11.7. The molecule has 2 aromatic heterocycles. The van der Waals surface area contributed by atoms with E-state index in [-0.39, 0.29) is 5.78 Å². The van der Waals surface area contributed by atoms with E-state index in [0.717, 1.165) is 11.3 Å². The van der Waals surface area contributed by atoms with Crippen molar-refractivity contribution < 1.29 is 13.6 Å². The maximum atomic E-state index is 12.2. The highest BCUT2D eigenvalue weighted by molar-refractivity contribution is 7.98. The smallest absolute Gasteiger partial charge is 0.232 e. The molecule has 0 atom stereocenters. The topological polar surface area (TPSA) is 43.4 Å². The zero-order valence-corrected chi connectivity index (χ0v) is 10.2. The van der Waals surface area contributed by atoms with Gasteiger partial charge in [-0.1, -0.05) is 11.8 Å². The Morgan fingerprint density at radius 1 is 1.31 bits per heavy atom. The maximum Gasteiger partial charge on any atom is 0.232 e. The molecule has 16 heavy (non-hydrogen) atoms. The highest BCUT2D eigenvalue weighted by Crippen LogP contribution is 2.28. The predicted octanol–water partition coefficient (Wildman–Crippen LogP) is 3.44. The fourth-order valence-corrected chi connectivity index (χ4v) is 2.12. The van der Waals surface area contributed by atoms with Gasteiger partial charge in [0.05, 0.1) is 11.8 Å². The number of ketones is 1. The van der Waals surface area contributed by atoms with Gasteiger partial charge in [0.15, 0.2) is 10.9 Å². The number of furan rings is 2. The fourth-order valence-electron chi connectivity index (χ4n) is 1.52. The van der Waals surface area contributed by atoms with Crippen LogP contribution in [0.5, 0.6) is 0 Å². The molecule has 2 heterocycles. The normalized spacial score (nSPS) is 10.7. The van der Waals surface area contributed by atoms with Gasteiger partial charge in [0, 0.05) is 0 Å². The molecule has 0 N–H and O–H groups in total. The van der Waals surface area contributed by atoms with Crippen LogP contribution in [0.2, 0.25) is 0 Å². The van der Waals surface area contributed by atoms with Crippen molar-refractivity contribution in [2.75, 3.05) is 6.26 Å². The summed E-state index contributed by atoms with van der Waals surface area (Å²) in [5.41, 5.74) is 1.44. The molecule has 0 radical (unpaired) electrons. The van der Waals surface area contributed by atoms with Crippen LogP contribution in [0.1, 0.15) is 27.4 Å². The molecule has 0 fully saturated rings. The summed E-state index contributed by atoms with van der Waals surface area (Å²) in [5.74, 6) is 0.969. The van der Waals surface area contributed by atoms with Crippen LogP contribution in [0.25, 0.3) is 0 Å². The lowest BCUT2D eigenvalue weighted by Crippen LogP contribution is -2.01. The highest BCUT2D eigenvalue weighted by Gasteiger charge is 2.21. The molecule has 0 saturated heterocycles. The van der Waals surface area contributed by atoms with Crippen LogP contribution in [0.15, 0.2) is 32.3 Å². The van der Waals surface area contributed by atoms with E-state index >= 15 is 0 Å². The molecular formula is C12H12O3S. The van der Waals surface area contributed by atoms with Gasteiger partial charge in [-0.15, -0.1) is 0 Å². The van der Waals surface area contributed by atoms with Gasteiger partial charge >= 0.3 is 0 Å². The summed E-state index contributed by atoms with van der Waals surface area (Å²) in [6, 6.07) is 3.47. The van der Waals surface area contributed by atoms with Crippen LogP contribution in [0, 0.1) is 13.8 Å². The molecule has 0 bridgehead atoms. The second-order valence-electron chi connectivity index (χ2n) is 3.52. The maximum absolute atomic E-state index is 12.2. The minimum Gasteiger partial charge on any atom is -0.458 e. The van der Waals surface area contributed by atoms with E-state index in [9.17, 15) is 4.79 Å². The number of aryl methyl sites for hydroxylation is 2. The summed E-state index contributed by atoms with van der Waals surface area (Å²) >= 11 is 1.42. The summed E-state index contributed by atoms with van der Waals surface area (Å²) in [7, 11) is 0. The van der Waals surface area contributed by atoms with Crippen LogP contribution in [0.4, 0.5) is 0 Å². The van der Waals surface area contributed by atoms with Crippen molar-refractivity contribution in [2.24, 2.45) is 0 Å². The van der Waals surface area contributed by atoms with E-state index in [4.69, 9.17) is 8.83 Å². The second kappa shape index (κ2) is 4.22. The second-order valence-corrected chi connectivity index (χ2v) is 4.30. The Bertz CT molecular complexity index is 522. The molecule has 84 valence electrons. The molecule has 0 unspecified atom stereocenters. The molecule has 2 aromatic rings. The van der Waals surface area contributed by atoms with Crippen LogP contribution in [-0.4, -0.2) is 12.0 Å². The molecule has 4 heteroatoms. The van der Waals surface area contributed by atoms with Crippen LogP contribution >= 0.6 is 11.8 Å². The van der Waals surface area contributed by atoms with Crippen molar-refractivity contribution in [2.45, 2.75) is 18.9 Å². The van der Waals surface area contributed by atoms with E-state index in [1.54, 1.807) is 18.4 Å². The van der Waals surface area contributed by atoms with Crippen LogP contribution < -0.4 is 0 Å². The Morgan fingerprint density at radius 3 is 2.62 bits per heavy atom. The monoisotopic (exact) mass is 236 g/mol. The molecule has 0 saturated carbocycles. The minimum atomic E-state index is -0.122. The van der Waals surface area contributed by atoms with Crippen LogP contribution in [0.3, 0.4) is 0 Å². The predicted molar refractivity (Wildman–Crippen MR) is 62.1 cm³/mol. The minimum absolute atomic E-state index is 0.122. The van der Waals surface area contributed by atoms with Gasteiger partial charge in [-0.05, 0) is 37.8 Å². The Kier molecular flexibility index (Phi) is 2.92. The van der Waals surface area contributed by atoms with Crippen molar-refractivity contribution in [1.29, 1.82) is 0 Å². The van der Waals surface area contributed by atoms with Crippen molar-refractivity contribution in [1.82, 2.24) is 0 Å². The van der Waals surface area contributed by atoms with E-state index in [0.29, 0.717) is 16.4 Å². The van der Waals surface area contributed by atoms with E-state index < -0.39 is 0 Å². The van der Waals surface area contributed by atoms with Gasteiger partial charge in [0.2, 0.25) is 5.78 Å². The third-order valence-electron chi connectivity index (χ3n) is 2.32. The number of hydrogen-bond donors (Lipinski definition) is 0. The first kappa shape index (κ1) is 11.1. The third-order valence-corrected chi connectivity index (χ3v) is 2.99. The first-order valence-corrected chi connectivity index (χ1v) is 6.09. The summed E-state index contributed by atoms with van der Waals surface area (Å²) in [6.45, 7) is 3.67. The first-order chi connectivity index (χ1) is 7.63. The van der Waals surface area contributed by atoms with Gasteiger partial charge in [-0.25, -0.2) is 0 Å². The highest BCUT2D eigenvalue weighted by atomic mass is 32.2. The number of carbonyl (C=O) groups excluding carboxylic acids is 1. The van der Waals surface area contributed by atoms with Gasteiger partial charge in [0.1, 0.15) is 5.76 Å². The van der Waals surface area contributed by atoms with Gasteiger partial charge in [-0.2, -0.15) is 0 Å². The van der Waals surface area contributed by atoms with E-state index in [1.165, 1.54) is 11.8 Å². The Balaban J connectivity index is 2.44. The summed E-state index contributed by atoms with van der Waals surface area (Å²) in [4.78, 5) is 12.2. The molecule has 0 aliphatic carbocycles.